The van der Waals surface area contributed by atoms with E-state index in [9.17, 15) is 60.2 Å². The summed E-state index contributed by atoms with van der Waals surface area (Å²) in [6, 6.07) is 26.5. The van der Waals surface area contributed by atoms with Gasteiger partial charge in [0.05, 0.1) is 100 Å². The molecule has 4 amide bonds. The Labute approximate surface area is 650 Å². The van der Waals surface area contributed by atoms with Crippen LogP contribution in [0.15, 0.2) is 134 Å². The van der Waals surface area contributed by atoms with Crippen LogP contribution in [0.25, 0.3) is 33.8 Å². The predicted molar refractivity (Wildman–Crippen MR) is 408 cm³/mol. The lowest BCUT2D eigenvalue weighted by atomic mass is 9.94. The molecule has 9 aromatic rings. The maximum atomic E-state index is 15.0. The average Bonchev–Trinajstić information content (AvgIpc) is 0.810. The van der Waals surface area contributed by atoms with Crippen LogP contribution in [0.5, 0.6) is 5.75 Å². The first kappa shape index (κ1) is 83.4. The van der Waals surface area contributed by atoms with E-state index in [1.54, 1.807) is 48.8 Å². The molecule has 570 valence electrons. The fourth-order valence-electron chi connectivity index (χ4n) is 11.5. The van der Waals surface area contributed by atoms with Crippen LogP contribution in [-0.2, 0) is 25.7 Å². The number of benzene rings is 6. The minimum absolute atomic E-state index is 0. The van der Waals surface area contributed by atoms with Gasteiger partial charge in [-0.3, -0.25) is 23.6 Å². The number of carbonyl (C=O) groups excluding carboxylic acids is 5. The predicted octanol–water partition coefficient (Wildman–Crippen LogP) is 10.6. The van der Waals surface area contributed by atoms with E-state index in [2.05, 4.69) is 50.6 Å². The van der Waals surface area contributed by atoms with Crippen LogP contribution in [0, 0.1) is 36.2 Å². The summed E-state index contributed by atoms with van der Waals surface area (Å²) in [4.78, 5) is 98.6. The van der Waals surface area contributed by atoms with Gasteiger partial charge in [0, 0.05) is 87.0 Å². The molecule has 3 saturated heterocycles. The van der Waals surface area contributed by atoms with Gasteiger partial charge in [-0.25, -0.2) is 61.4 Å². The van der Waals surface area contributed by atoms with Crippen molar-refractivity contribution in [2.45, 2.75) is 74.9 Å². The highest BCUT2D eigenvalue weighted by Crippen LogP contribution is 2.34. The number of carboxylic acid groups (broad SMARTS) is 1. The molecule has 3 fully saturated rings. The number of amides is 4. The molecular formula is C74H75ClF6I2N14O11. The number of rotatable bonds is 17. The number of methoxy groups -OCH3 is 2. The molecule has 3 aliphatic heterocycles. The highest BCUT2D eigenvalue weighted by Gasteiger charge is 2.30. The van der Waals surface area contributed by atoms with Gasteiger partial charge >= 0.3 is 11.9 Å². The van der Waals surface area contributed by atoms with Gasteiger partial charge in [-0.15, -0.1) is 12.4 Å². The Morgan fingerprint density at radius 3 is 1.46 bits per heavy atom. The van der Waals surface area contributed by atoms with Gasteiger partial charge in [-0.1, -0.05) is 30.3 Å². The third kappa shape index (κ3) is 22.7. The third-order valence-corrected chi connectivity index (χ3v) is 18.4. The number of halogens is 9. The molecule has 5 atom stereocenters. The van der Waals surface area contributed by atoms with E-state index in [1.165, 1.54) is 67.8 Å². The summed E-state index contributed by atoms with van der Waals surface area (Å²) in [7, 11) is 1.80. The Balaban J connectivity index is 0.000000209. The van der Waals surface area contributed by atoms with Gasteiger partial charge < -0.3 is 68.6 Å². The molecule has 6 heterocycles. The van der Waals surface area contributed by atoms with Gasteiger partial charge in [-0.2, -0.15) is 0 Å². The first-order valence-electron chi connectivity index (χ1n) is 33.4. The van der Waals surface area contributed by atoms with Crippen LogP contribution in [0.1, 0.15) is 135 Å². The second-order valence-electron chi connectivity index (χ2n) is 24.3. The monoisotopic (exact) mass is 1740 g/mol. The molecule has 12 rings (SSSR count). The number of anilines is 3. The van der Waals surface area contributed by atoms with Crippen molar-refractivity contribution in [2.75, 3.05) is 71.4 Å². The number of aliphatic hydroxyl groups is 2. The molecule has 0 radical (unpaired) electrons. The zero-order valence-electron chi connectivity index (χ0n) is 58.8. The number of hydrogen-bond donors (Lipinski definition) is 10. The Hall–Kier alpha value is -10.2. The Kier molecular flexibility index (Phi) is 31.0. The summed E-state index contributed by atoms with van der Waals surface area (Å²) in [6.07, 6.45) is 7.77. The highest BCUT2D eigenvalue weighted by molar-refractivity contribution is 14.1. The van der Waals surface area contributed by atoms with E-state index in [4.69, 9.17) is 39.3 Å². The molecule has 34 heteroatoms. The maximum absolute atomic E-state index is 15.0. The zero-order valence-corrected chi connectivity index (χ0v) is 62.9. The summed E-state index contributed by atoms with van der Waals surface area (Å²) in [5, 5.41) is 35.4. The molecule has 3 aromatic heterocycles. The number of aromatic nitrogens is 6. The number of nitrogens with one attached hydrogen (secondary N) is 3. The van der Waals surface area contributed by atoms with Crippen molar-refractivity contribution >= 4 is 111 Å². The molecule has 108 heavy (non-hydrogen) atoms. The van der Waals surface area contributed by atoms with Gasteiger partial charge in [0.15, 0.2) is 0 Å². The number of likely N-dealkylation sites (tertiary alicyclic amines) is 1. The number of nitrogens with two attached hydrogens (primary N) is 4. The lowest BCUT2D eigenvalue weighted by molar-refractivity contribution is -0.134. The molecule has 0 bridgehead atoms. The summed E-state index contributed by atoms with van der Waals surface area (Å²) in [6.45, 7) is 1.20. The molecule has 3 unspecified atom stereocenters. The second-order valence-corrected chi connectivity index (χ2v) is 26.8. The summed E-state index contributed by atoms with van der Waals surface area (Å²) >= 11 is 3.93. The topological polar surface area (TPSA) is 402 Å². The number of esters is 1. The molecule has 0 aliphatic carbocycles. The number of ether oxygens (including phenoxy) is 2. The molecule has 14 N–H and O–H groups in total. The van der Waals surface area contributed by atoms with Gasteiger partial charge in [-0.05, 0) is 166 Å². The van der Waals surface area contributed by atoms with Crippen LogP contribution in [-0.4, -0.2) is 140 Å². The first-order chi connectivity index (χ1) is 51.6. The van der Waals surface area contributed by atoms with E-state index in [0.717, 1.165) is 27.0 Å². The van der Waals surface area contributed by atoms with Crippen molar-refractivity contribution in [3.05, 3.63) is 221 Å². The van der Waals surface area contributed by atoms with Gasteiger partial charge in [0.2, 0.25) is 17.7 Å². The van der Waals surface area contributed by atoms with Crippen molar-refractivity contribution in [1.82, 2.24) is 50.8 Å². The molecule has 3 aliphatic rings. The first-order valence-corrected chi connectivity index (χ1v) is 34.9. The Morgan fingerprint density at radius 2 is 1.06 bits per heavy atom. The van der Waals surface area contributed by atoms with Crippen LogP contribution < -0.4 is 43.6 Å². The normalized spacial score (nSPS) is 15.8. The van der Waals surface area contributed by atoms with Crippen LogP contribution in [0.2, 0.25) is 0 Å². The molecule has 0 spiro atoms. The number of piperidine rings is 3. The van der Waals surface area contributed by atoms with Gasteiger partial charge in [0.1, 0.15) is 69.4 Å². The van der Waals surface area contributed by atoms with E-state index in [1.807, 2.05) is 69.4 Å². The SMILES string of the molecule is COC(=O)c1ccc(-c2nc(C3CCC(=O)N(Cc4ccc(OC)cc4)C3)cnc2N)cc1F.Cl.N[C@H](CO)c1cc(F)cc(I)c1.Nc1ncc(C2CCC(=O)NC2)nc1-c1ccc(C(=O)N[C@H](CO)c2cc(F)cc(I)c2)c(F)c1.Nc1ncc(C2CCC(=O)NC2)nc1-c1ccc(C(=O)O)c(F)c1.[2H]CF. The number of carboxylic acids is 1. The molecule has 0 saturated carbocycles. The highest BCUT2D eigenvalue weighted by atomic mass is 127. The number of aliphatic hydroxyl groups excluding tert-OH is 2. The molecular weight excluding hydrogens is 1660 g/mol. The Bertz CT molecular complexity index is 4690. The van der Waals surface area contributed by atoms with E-state index >= 15 is 0 Å². The number of aromatic carboxylic acids is 1. The van der Waals surface area contributed by atoms with Crippen molar-refractivity contribution in [2.24, 2.45) is 5.73 Å². The Morgan fingerprint density at radius 1 is 0.620 bits per heavy atom. The van der Waals surface area contributed by atoms with E-state index < -0.39 is 72.5 Å². The lowest BCUT2D eigenvalue weighted by Gasteiger charge is -2.32. The van der Waals surface area contributed by atoms with E-state index in [-0.39, 0.29) is 94.6 Å². The number of hydrogen-bond acceptors (Lipinski definition) is 20. The fraction of sp³-hybridized carbons (Fsp3) is 0.270. The van der Waals surface area contributed by atoms with Crippen LogP contribution in [0.3, 0.4) is 0 Å². The van der Waals surface area contributed by atoms with E-state index in [0.29, 0.717) is 125 Å². The minimum atomic E-state index is -1.34. The molecule has 6 aromatic carbocycles. The number of carbonyl (C=O) groups is 6. The molecule has 25 nitrogen and oxygen atoms in total. The average molecular weight is 1740 g/mol. The number of nitrogens with zero attached hydrogens (tertiary/aromatic N) is 7. The van der Waals surface area contributed by atoms with Crippen molar-refractivity contribution < 1.29 is 81.3 Å². The fourth-order valence-corrected chi connectivity index (χ4v) is 12.8. The number of alkyl halides is 1. The van der Waals surface area contributed by atoms with Crippen molar-refractivity contribution in [3.63, 3.8) is 0 Å². The summed E-state index contributed by atoms with van der Waals surface area (Å²) in [5.74, 6) is -4.97. The standard InChI is InChI=1S/C25H25FN4O4.C24H22F2IN5O3.C16H15FN4O3.C8H9FINO.CH3F.ClH/c1-33-18-7-3-15(4-8-18)13-30-14-17(6-10-22(30)31)21-12-28-24(27)23(29-21)16-5-9-19(20(26)11-16)25(32)34-2;25-15-5-14(6-16(27)8-15)20(11-33)32-24(35)17-3-1-12(7-18(17)26)22-23(28)30-10-19(31-22)13-2-4-21(34)29-9-13;17-11-5-8(1-3-10(11)16(23)24)14-15(18)20-7-12(21-14)9-2-4-13(22)19-6-9;9-6-1-5(8(11)4-12)2-7(10)3-6;1-2;/h3-5,7-9,11-12,17H,6,10,13-14H2,1-2H3,(H2,27,28);1,3,5-8,10,13,20,33H,2,4,9,11H2,(H2,28,30)(H,29,34)(H,32,35);1,3,5,7,9H,2,4,6H2,(H2,18,20)(H,19,22)(H,23,24);1-3,8,12H,4,11H2;1H3;1H/t;13?,20-;;8-;;/m.1.1../s1/i;;;;1D;. The number of nitrogen functional groups attached to an aromatic ring is 3. The second kappa shape index (κ2) is 40.1. The largest absolute Gasteiger partial charge is 0.497 e. The zero-order chi connectivity index (χ0) is 78.5. The lowest BCUT2D eigenvalue weighted by Crippen LogP contribution is -2.38. The van der Waals surface area contributed by atoms with Gasteiger partial charge in [0.25, 0.3) is 5.91 Å². The summed E-state index contributed by atoms with van der Waals surface area (Å²) in [5.41, 5.74) is 28.5. The third-order valence-electron chi connectivity index (χ3n) is 17.2. The van der Waals surface area contributed by atoms with Crippen LogP contribution in [0.4, 0.5) is 43.8 Å². The maximum Gasteiger partial charge on any atom is 0.340 e. The van der Waals surface area contributed by atoms with Crippen molar-refractivity contribution in [3.8, 4) is 39.5 Å². The smallest absolute Gasteiger partial charge is 0.340 e. The van der Waals surface area contributed by atoms with Crippen LogP contribution >= 0.6 is 57.6 Å². The summed E-state index contributed by atoms with van der Waals surface area (Å²) < 4.78 is 96.5. The quantitative estimate of drug-likeness (QED) is 0.0230. The minimum Gasteiger partial charge on any atom is -0.497 e. The van der Waals surface area contributed by atoms with Crippen molar-refractivity contribution in [1.29, 1.82) is 0 Å².